The van der Waals surface area contributed by atoms with E-state index in [-0.39, 0.29) is 12.8 Å². The standard InChI is InChI=1S/C6H7N3O4/c7-8-3-6(12)13-9-4(10)1-2-5(9)11/h8H,1-3H2. The van der Waals surface area contributed by atoms with Gasteiger partial charge in [-0.3, -0.25) is 9.59 Å². The van der Waals surface area contributed by atoms with Crippen molar-refractivity contribution in [1.82, 2.24) is 5.06 Å². The summed E-state index contributed by atoms with van der Waals surface area (Å²) in [6, 6.07) is 0. The second-order valence-electron chi connectivity index (χ2n) is 2.38. The fourth-order valence-corrected chi connectivity index (χ4v) is 0.857. The number of nitrogens with zero attached hydrogens (tertiary/aromatic N) is 2. The van der Waals surface area contributed by atoms with Crippen molar-refractivity contribution >= 4 is 17.8 Å². The minimum absolute atomic E-state index is 0.0542. The molecule has 1 fully saturated rings. The lowest BCUT2D eigenvalue weighted by atomic mass is 10.4. The summed E-state index contributed by atoms with van der Waals surface area (Å²) in [5, 5.41) is 1.96. The normalized spacial score (nSPS) is 16.2. The molecule has 7 nitrogen and oxygen atoms in total. The maximum atomic E-state index is 10.9. The molecule has 13 heavy (non-hydrogen) atoms. The topological polar surface area (TPSA) is 99.9 Å². The Hall–Kier alpha value is -1.79. The Labute approximate surface area is 73.1 Å². The number of nitrogens with one attached hydrogen (secondary N) is 1. The molecule has 1 aliphatic rings. The summed E-state index contributed by atoms with van der Waals surface area (Å²) in [6.07, 6.45) is 0.108. The lowest BCUT2D eigenvalue weighted by Crippen LogP contribution is -2.66. The number of hydrogen-bond donors (Lipinski definition) is 1. The van der Waals surface area contributed by atoms with Crippen LogP contribution in [0.1, 0.15) is 12.8 Å². The predicted octanol–water partition coefficient (Wildman–Crippen LogP) is -2.30. The van der Waals surface area contributed by atoms with E-state index in [0.29, 0.717) is 5.06 Å². The van der Waals surface area contributed by atoms with Crippen molar-refractivity contribution in [2.45, 2.75) is 12.8 Å². The van der Waals surface area contributed by atoms with Gasteiger partial charge in [-0.15, -0.1) is 5.06 Å². The quantitative estimate of drug-likeness (QED) is 0.394. The van der Waals surface area contributed by atoms with Crippen molar-refractivity contribution in [1.29, 1.82) is 0 Å². The van der Waals surface area contributed by atoms with Crippen molar-refractivity contribution < 1.29 is 24.3 Å². The molecule has 0 aromatic rings. The van der Waals surface area contributed by atoms with Crippen molar-refractivity contribution in [3.8, 4) is 0 Å². The summed E-state index contributed by atoms with van der Waals surface area (Å²) in [7, 11) is 0. The van der Waals surface area contributed by atoms with E-state index in [1.165, 1.54) is 0 Å². The Kier molecular flexibility index (Phi) is 2.68. The van der Waals surface area contributed by atoms with Crippen LogP contribution >= 0.6 is 0 Å². The van der Waals surface area contributed by atoms with Gasteiger partial charge in [0.2, 0.25) is 6.54 Å². The van der Waals surface area contributed by atoms with Crippen LogP contribution in [0, 0.1) is 0 Å². The van der Waals surface area contributed by atoms with Crippen LogP contribution < -0.4 is 5.11 Å². The highest BCUT2D eigenvalue weighted by Crippen LogP contribution is 2.11. The van der Waals surface area contributed by atoms with E-state index in [1.54, 1.807) is 5.11 Å². The fourth-order valence-electron chi connectivity index (χ4n) is 0.857. The van der Waals surface area contributed by atoms with E-state index in [9.17, 15) is 14.4 Å². The molecule has 0 spiro atoms. The number of hydroxylamine groups is 2. The lowest BCUT2D eigenvalue weighted by Gasteiger charge is -2.10. The Morgan fingerprint density at radius 2 is 2.00 bits per heavy atom. The zero-order valence-electron chi connectivity index (χ0n) is 6.65. The summed E-state index contributed by atoms with van der Waals surface area (Å²) >= 11 is 0. The average molecular weight is 185 g/mol. The van der Waals surface area contributed by atoms with Crippen LogP contribution in [0.3, 0.4) is 0 Å². The van der Waals surface area contributed by atoms with Crippen LogP contribution in [0.15, 0.2) is 0 Å². The third kappa shape index (κ3) is 2.08. The molecule has 2 amide bonds. The van der Waals surface area contributed by atoms with Gasteiger partial charge in [0.15, 0.2) is 0 Å². The molecule has 1 aliphatic heterocycles. The summed E-state index contributed by atoms with van der Waals surface area (Å²) in [5.74, 6) is -1.99. The molecular weight excluding hydrogens is 178 g/mol. The van der Waals surface area contributed by atoms with Crippen LogP contribution in [0.5, 0.6) is 0 Å². The van der Waals surface area contributed by atoms with Crippen LogP contribution in [-0.2, 0) is 19.2 Å². The molecule has 0 atom stereocenters. The van der Waals surface area contributed by atoms with Gasteiger partial charge in [0.25, 0.3) is 11.8 Å². The van der Waals surface area contributed by atoms with E-state index in [4.69, 9.17) is 5.53 Å². The number of carbonyl (C=O) groups excluding carboxylic acids is 3. The monoisotopic (exact) mass is 185 g/mol. The molecule has 1 N–H and O–H groups in total. The molecule has 1 rings (SSSR count). The van der Waals surface area contributed by atoms with Crippen LogP contribution in [0.2, 0.25) is 0 Å². The lowest BCUT2D eigenvalue weighted by molar-refractivity contribution is -0.471. The SMILES string of the molecule is [N-]=[NH+]CC(=O)ON1C(=O)CCC1=O. The minimum Gasteiger partial charge on any atom is -0.508 e. The van der Waals surface area contributed by atoms with Gasteiger partial charge in [0.1, 0.15) is 0 Å². The first-order valence-electron chi connectivity index (χ1n) is 3.58. The second-order valence-corrected chi connectivity index (χ2v) is 2.38. The zero-order valence-corrected chi connectivity index (χ0v) is 6.65. The molecule has 0 aromatic carbocycles. The zero-order chi connectivity index (χ0) is 9.84. The van der Waals surface area contributed by atoms with Crippen molar-refractivity contribution in [2.24, 2.45) is 0 Å². The molecule has 0 unspecified atom stereocenters. The minimum atomic E-state index is -0.897. The summed E-state index contributed by atoms with van der Waals surface area (Å²) in [6.45, 7) is -0.475. The van der Waals surface area contributed by atoms with Gasteiger partial charge in [-0.25, -0.2) is 4.79 Å². The first-order valence-corrected chi connectivity index (χ1v) is 3.58. The van der Waals surface area contributed by atoms with Gasteiger partial charge in [-0.05, 0) is 0 Å². The van der Waals surface area contributed by atoms with E-state index < -0.39 is 24.3 Å². The third-order valence-corrected chi connectivity index (χ3v) is 1.42. The van der Waals surface area contributed by atoms with E-state index in [1.807, 2.05) is 0 Å². The molecule has 70 valence electrons. The van der Waals surface area contributed by atoms with E-state index in [0.717, 1.165) is 0 Å². The molecule has 1 heterocycles. The molecule has 0 bridgehead atoms. The van der Waals surface area contributed by atoms with Gasteiger partial charge < -0.3 is 15.5 Å². The number of carbonyl (C=O) groups is 3. The van der Waals surface area contributed by atoms with Crippen molar-refractivity contribution in [3.05, 3.63) is 5.53 Å². The Bertz CT molecular complexity index is 259. The number of imide groups is 1. The highest BCUT2D eigenvalue weighted by atomic mass is 16.7. The first kappa shape index (κ1) is 9.30. The van der Waals surface area contributed by atoms with Crippen LogP contribution in [0.25, 0.3) is 5.53 Å². The van der Waals surface area contributed by atoms with Crippen molar-refractivity contribution in [2.75, 3.05) is 6.54 Å². The molecule has 1 saturated heterocycles. The van der Waals surface area contributed by atoms with Gasteiger partial charge >= 0.3 is 5.97 Å². The predicted molar refractivity (Wildman–Crippen MR) is 36.4 cm³/mol. The molecule has 0 aromatic heterocycles. The highest BCUT2D eigenvalue weighted by molar-refractivity contribution is 6.01. The van der Waals surface area contributed by atoms with Crippen LogP contribution in [0.4, 0.5) is 0 Å². The highest BCUT2D eigenvalue weighted by Gasteiger charge is 2.32. The Morgan fingerprint density at radius 1 is 1.46 bits per heavy atom. The van der Waals surface area contributed by atoms with Gasteiger partial charge in [0.05, 0.1) is 0 Å². The third-order valence-electron chi connectivity index (χ3n) is 1.42. The largest absolute Gasteiger partial charge is 0.508 e. The number of rotatable bonds is 3. The van der Waals surface area contributed by atoms with Gasteiger partial charge in [-0.1, -0.05) is 0 Å². The first-order chi connectivity index (χ1) is 6.15. The van der Waals surface area contributed by atoms with Gasteiger partial charge in [0, 0.05) is 12.8 Å². The van der Waals surface area contributed by atoms with Crippen molar-refractivity contribution in [3.63, 3.8) is 0 Å². The average Bonchev–Trinajstić information content (AvgIpc) is 2.36. The Morgan fingerprint density at radius 3 is 2.46 bits per heavy atom. The molecule has 0 aliphatic carbocycles. The summed E-state index contributed by atoms with van der Waals surface area (Å²) in [4.78, 5) is 36.8. The fraction of sp³-hybridized carbons (Fsp3) is 0.500. The molecule has 0 saturated carbocycles. The second kappa shape index (κ2) is 3.74. The number of amides is 2. The van der Waals surface area contributed by atoms with Crippen LogP contribution in [-0.4, -0.2) is 29.4 Å². The maximum Gasteiger partial charge on any atom is 0.396 e. The van der Waals surface area contributed by atoms with E-state index in [2.05, 4.69) is 4.84 Å². The Balaban J connectivity index is 2.52. The number of hydrogen-bond acceptors (Lipinski definition) is 4. The summed E-state index contributed by atoms with van der Waals surface area (Å²) < 4.78 is 0. The smallest absolute Gasteiger partial charge is 0.396 e. The molecule has 0 radical (unpaired) electrons. The maximum absolute atomic E-state index is 10.9. The summed E-state index contributed by atoms with van der Waals surface area (Å²) in [5.41, 5.74) is 8.10. The van der Waals surface area contributed by atoms with E-state index >= 15 is 0 Å². The molecular formula is C6H7N3O4. The molecule has 7 heteroatoms. The van der Waals surface area contributed by atoms with Gasteiger partial charge in [-0.2, -0.15) is 0 Å².